The van der Waals surface area contributed by atoms with Gasteiger partial charge < -0.3 is 10.1 Å². The molecule has 0 spiro atoms. The lowest BCUT2D eigenvalue weighted by Crippen LogP contribution is -2.19. The largest absolute Gasteiger partial charge is 0.489 e. The van der Waals surface area contributed by atoms with Crippen LogP contribution in [0, 0.1) is 6.92 Å². The zero-order valence-corrected chi connectivity index (χ0v) is 12.5. The van der Waals surface area contributed by atoms with Crippen LogP contribution in [0.5, 0.6) is 5.75 Å². The molecule has 2 unspecified atom stereocenters. The summed E-state index contributed by atoms with van der Waals surface area (Å²) in [5, 5.41) is 2.69. The fourth-order valence-corrected chi connectivity index (χ4v) is 3.08. The lowest BCUT2D eigenvalue weighted by molar-refractivity contribution is 0.0958. The number of hydrogen-bond donors (Lipinski definition) is 1. The molecule has 3 nitrogen and oxygen atoms in total. The second-order valence-electron chi connectivity index (χ2n) is 5.52. The highest BCUT2D eigenvalue weighted by molar-refractivity contribution is 5.97. The van der Waals surface area contributed by atoms with Gasteiger partial charge in [0.25, 0.3) is 5.91 Å². The molecule has 0 saturated heterocycles. The van der Waals surface area contributed by atoms with Gasteiger partial charge in [0.2, 0.25) is 0 Å². The predicted octanol–water partition coefficient (Wildman–Crippen LogP) is 3.27. The Bertz CT molecular complexity index is 679. The summed E-state index contributed by atoms with van der Waals surface area (Å²) in [5.74, 6) is 0.793. The molecule has 0 fully saturated rings. The summed E-state index contributed by atoms with van der Waals surface area (Å²) in [6, 6.07) is 14.3. The minimum absolute atomic E-state index is 0.0209. The Labute approximate surface area is 124 Å². The highest BCUT2D eigenvalue weighted by atomic mass is 16.5. The third kappa shape index (κ3) is 2.29. The van der Waals surface area contributed by atoms with Crippen molar-refractivity contribution >= 4 is 5.91 Å². The van der Waals surface area contributed by atoms with Crippen molar-refractivity contribution in [1.29, 1.82) is 0 Å². The third-order valence-corrected chi connectivity index (χ3v) is 4.00. The van der Waals surface area contributed by atoms with Crippen LogP contribution in [-0.2, 0) is 0 Å². The Morgan fingerprint density at radius 2 is 1.90 bits per heavy atom. The van der Waals surface area contributed by atoms with E-state index in [9.17, 15) is 4.79 Å². The summed E-state index contributed by atoms with van der Waals surface area (Å²) >= 11 is 0. The second-order valence-corrected chi connectivity index (χ2v) is 5.52. The second kappa shape index (κ2) is 5.24. The summed E-state index contributed by atoms with van der Waals surface area (Å²) in [4.78, 5) is 12.1. The van der Waals surface area contributed by atoms with E-state index in [0.717, 1.165) is 16.9 Å². The maximum absolute atomic E-state index is 12.1. The van der Waals surface area contributed by atoms with Crippen LogP contribution in [0.3, 0.4) is 0 Å². The van der Waals surface area contributed by atoms with Gasteiger partial charge in [0, 0.05) is 18.5 Å². The zero-order valence-electron chi connectivity index (χ0n) is 12.5. The topological polar surface area (TPSA) is 38.3 Å². The van der Waals surface area contributed by atoms with Crippen molar-refractivity contribution < 1.29 is 9.53 Å². The van der Waals surface area contributed by atoms with E-state index in [1.54, 1.807) is 7.05 Å². The molecule has 2 aromatic rings. The number of nitrogens with one attached hydrogen (secondary N) is 1. The standard InChI is InChI=1S/C18H19NO2/c1-11-9-14-16(13-7-5-4-6-8-13)12(2)21-17(14)15(10-11)18(20)19-3/h4-10,12,16H,1-3H3,(H,19,20). The fraction of sp³-hybridized carbons (Fsp3) is 0.278. The van der Waals surface area contributed by atoms with Gasteiger partial charge in [-0.25, -0.2) is 0 Å². The first-order valence-corrected chi connectivity index (χ1v) is 7.20. The van der Waals surface area contributed by atoms with E-state index in [4.69, 9.17) is 4.74 Å². The third-order valence-electron chi connectivity index (χ3n) is 4.00. The van der Waals surface area contributed by atoms with Crippen molar-refractivity contribution in [3.63, 3.8) is 0 Å². The quantitative estimate of drug-likeness (QED) is 0.917. The number of amides is 1. The molecule has 0 aliphatic carbocycles. The molecule has 3 rings (SSSR count). The molecule has 0 radical (unpaired) electrons. The van der Waals surface area contributed by atoms with Gasteiger partial charge in [-0.2, -0.15) is 0 Å². The summed E-state index contributed by atoms with van der Waals surface area (Å²) in [6.45, 7) is 4.07. The number of fused-ring (bicyclic) bond motifs is 1. The summed E-state index contributed by atoms with van der Waals surface area (Å²) in [7, 11) is 1.64. The lowest BCUT2D eigenvalue weighted by Gasteiger charge is -2.15. The number of hydrogen-bond acceptors (Lipinski definition) is 2. The first-order valence-electron chi connectivity index (χ1n) is 7.20. The zero-order chi connectivity index (χ0) is 15.0. The Balaban J connectivity index is 2.15. The summed E-state index contributed by atoms with van der Waals surface area (Å²) in [5.41, 5.74) is 4.02. The van der Waals surface area contributed by atoms with Gasteiger partial charge in [-0.1, -0.05) is 36.4 Å². The van der Waals surface area contributed by atoms with Gasteiger partial charge in [0.1, 0.15) is 11.9 Å². The maximum atomic E-state index is 12.1. The van der Waals surface area contributed by atoms with Crippen LogP contribution in [0.1, 0.15) is 39.9 Å². The Hall–Kier alpha value is -2.29. The number of carbonyl (C=O) groups is 1. The molecule has 2 atom stereocenters. The van der Waals surface area contributed by atoms with Gasteiger partial charge in [-0.3, -0.25) is 4.79 Å². The first kappa shape index (κ1) is 13.7. The Kier molecular flexibility index (Phi) is 3.42. The average molecular weight is 281 g/mol. The molecule has 2 aromatic carbocycles. The Morgan fingerprint density at radius 1 is 1.19 bits per heavy atom. The number of carbonyl (C=O) groups excluding carboxylic acids is 1. The molecule has 0 aromatic heterocycles. The van der Waals surface area contributed by atoms with Crippen LogP contribution in [-0.4, -0.2) is 19.1 Å². The van der Waals surface area contributed by atoms with Crippen molar-refractivity contribution in [1.82, 2.24) is 5.32 Å². The van der Waals surface area contributed by atoms with Crippen molar-refractivity contribution in [3.05, 3.63) is 64.7 Å². The molecule has 1 heterocycles. The molecule has 1 aliphatic heterocycles. The summed E-state index contributed by atoms with van der Waals surface area (Å²) in [6.07, 6.45) is 0.0209. The van der Waals surface area contributed by atoms with Gasteiger partial charge in [-0.05, 0) is 31.0 Å². The molecule has 3 heteroatoms. The SMILES string of the molecule is CNC(=O)c1cc(C)cc2c1OC(C)C2c1ccccc1. The van der Waals surface area contributed by atoms with E-state index in [1.165, 1.54) is 5.56 Å². The fourth-order valence-electron chi connectivity index (χ4n) is 3.08. The number of ether oxygens (including phenoxy) is 1. The van der Waals surface area contributed by atoms with Crippen LogP contribution in [0.2, 0.25) is 0 Å². The molecule has 21 heavy (non-hydrogen) atoms. The van der Waals surface area contributed by atoms with Gasteiger partial charge >= 0.3 is 0 Å². The predicted molar refractivity (Wildman–Crippen MR) is 82.9 cm³/mol. The maximum Gasteiger partial charge on any atom is 0.254 e. The van der Waals surface area contributed by atoms with Crippen LogP contribution >= 0.6 is 0 Å². The highest BCUT2D eigenvalue weighted by Gasteiger charge is 2.35. The molecule has 0 bridgehead atoms. The minimum Gasteiger partial charge on any atom is -0.489 e. The normalized spacial score (nSPS) is 19.8. The first-order chi connectivity index (χ1) is 10.1. The minimum atomic E-state index is -0.101. The smallest absolute Gasteiger partial charge is 0.254 e. The molecule has 108 valence electrons. The van der Waals surface area contributed by atoms with E-state index in [2.05, 4.69) is 30.4 Å². The van der Waals surface area contributed by atoms with Gasteiger partial charge in [-0.15, -0.1) is 0 Å². The molecule has 0 saturated carbocycles. The van der Waals surface area contributed by atoms with Crippen molar-refractivity contribution in [2.45, 2.75) is 25.9 Å². The molecular weight excluding hydrogens is 262 g/mol. The molecular formula is C18H19NO2. The van der Waals surface area contributed by atoms with Crippen molar-refractivity contribution in [3.8, 4) is 5.75 Å². The number of benzene rings is 2. The van der Waals surface area contributed by atoms with E-state index >= 15 is 0 Å². The lowest BCUT2D eigenvalue weighted by atomic mass is 9.87. The van der Waals surface area contributed by atoms with Crippen molar-refractivity contribution in [2.24, 2.45) is 0 Å². The van der Waals surface area contributed by atoms with E-state index in [1.807, 2.05) is 31.2 Å². The molecule has 1 aliphatic rings. The summed E-state index contributed by atoms with van der Waals surface area (Å²) < 4.78 is 6.02. The van der Waals surface area contributed by atoms with E-state index in [0.29, 0.717) is 5.56 Å². The van der Waals surface area contributed by atoms with Gasteiger partial charge in [0.05, 0.1) is 5.56 Å². The molecule has 1 amide bonds. The van der Waals surface area contributed by atoms with Crippen LogP contribution in [0.25, 0.3) is 0 Å². The average Bonchev–Trinajstić information content (AvgIpc) is 2.82. The van der Waals surface area contributed by atoms with E-state index in [-0.39, 0.29) is 17.9 Å². The number of aryl methyl sites for hydroxylation is 1. The van der Waals surface area contributed by atoms with Gasteiger partial charge in [0.15, 0.2) is 0 Å². The van der Waals surface area contributed by atoms with Crippen LogP contribution in [0.15, 0.2) is 42.5 Å². The number of rotatable bonds is 2. The van der Waals surface area contributed by atoms with Crippen molar-refractivity contribution in [2.75, 3.05) is 7.05 Å². The van der Waals surface area contributed by atoms with Crippen LogP contribution in [0.4, 0.5) is 0 Å². The Morgan fingerprint density at radius 3 is 2.57 bits per heavy atom. The van der Waals surface area contributed by atoms with Crippen LogP contribution < -0.4 is 10.1 Å². The monoisotopic (exact) mass is 281 g/mol. The molecule has 1 N–H and O–H groups in total. The van der Waals surface area contributed by atoms with E-state index < -0.39 is 0 Å². The highest BCUT2D eigenvalue weighted by Crippen LogP contribution is 2.44.